The van der Waals surface area contributed by atoms with E-state index in [0.717, 1.165) is 6.54 Å². The number of carbonyl (C=O) groups excluding carboxylic acids is 1. The molecule has 9 heteroatoms. The fourth-order valence-corrected chi connectivity index (χ4v) is 1.76. The van der Waals surface area contributed by atoms with Crippen LogP contribution in [0.25, 0.3) is 5.82 Å². The van der Waals surface area contributed by atoms with E-state index >= 15 is 0 Å². The first kappa shape index (κ1) is 21.3. The number of methoxy groups -OCH3 is 1. The number of nitrogens with zero attached hydrogens (tertiary/aromatic N) is 3. The fourth-order valence-electron chi connectivity index (χ4n) is 1.76. The highest BCUT2D eigenvalue weighted by molar-refractivity contribution is 5.94. The van der Waals surface area contributed by atoms with Gasteiger partial charge in [0.15, 0.2) is 0 Å². The Kier molecular flexibility index (Phi) is 11.0. The Morgan fingerprint density at radius 1 is 1.26 bits per heavy atom. The van der Waals surface area contributed by atoms with Crippen LogP contribution in [0.4, 0.5) is 0 Å². The topological polar surface area (TPSA) is 81.1 Å². The number of imidazole rings is 1. The van der Waals surface area contributed by atoms with Gasteiger partial charge < -0.3 is 15.4 Å². The van der Waals surface area contributed by atoms with Crippen LogP contribution in [0.1, 0.15) is 10.4 Å². The molecule has 0 unspecified atom stereocenters. The van der Waals surface area contributed by atoms with Gasteiger partial charge in [0.25, 0.3) is 5.91 Å². The Morgan fingerprint density at radius 2 is 2.09 bits per heavy atom. The van der Waals surface area contributed by atoms with E-state index in [0.29, 0.717) is 31.1 Å². The lowest BCUT2D eigenvalue weighted by Crippen LogP contribution is -2.33. The third kappa shape index (κ3) is 6.96. The maximum atomic E-state index is 12.0. The first-order valence-corrected chi connectivity index (χ1v) is 6.73. The summed E-state index contributed by atoms with van der Waals surface area (Å²) >= 11 is 0. The van der Waals surface area contributed by atoms with Crippen molar-refractivity contribution in [3.8, 4) is 5.82 Å². The predicted molar refractivity (Wildman–Crippen MR) is 92.9 cm³/mol. The lowest BCUT2D eigenvalue weighted by atomic mass is 10.2. The monoisotopic (exact) mass is 361 g/mol. The molecule has 2 N–H and O–H groups in total. The van der Waals surface area contributed by atoms with Gasteiger partial charge in [0.2, 0.25) is 0 Å². The molecule has 2 rings (SSSR count). The quantitative estimate of drug-likeness (QED) is 0.687. The molecule has 0 fully saturated rings. The molecule has 0 atom stereocenters. The minimum absolute atomic E-state index is 0. The molecule has 0 bridgehead atoms. The lowest BCUT2D eigenvalue weighted by molar-refractivity contribution is 0.0953. The second-order valence-electron chi connectivity index (χ2n) is 4.37. The number of aromatic nitrogens is 3. The summed E-state index contributed by atoms with van der Waals surface area (Å²) in [6, 6.07) is 3.42. The van der Waals surface area contributed by atoms with Gasteiger partial charge in [-0.25, -0.2) is 9.97 Å². The zero-order valence-corrected chi connectivity index (χ0v) is 14.4. The van der Waals surface area contributed by atoms with Crippen LogP contribution in [0.2, 0.25) is 0 Å². The van der Waals surface area contributed by atoms with Gasteiger partial charge in [0.1, 0.15) is 12.1 Å². The van der Waals surface area contributed by atoms with Gasteiger partial charge in [-0.2, -0.15) is 0 Å². The lowest BCUT2D eigenvalue weighted by Gasteiger charge is -2.07. The van der Waals surface area contributed by atoms with Crippen molar-refractivity contribution < 1.29 is 9.53 Å². The second kappa shape index (κ2) is 11.8. The van der Waals surface area contributed by atoms with Crippen molar-refractivity contribution in [3.05, 3.63) is 42.6 Å². The summed E-state index contributed by atoms with van der Waals surface area (Å²) in [6.07, 6.45) is 6.70. The fraction of sp³-hybridized carbons (Fsp3) is 0.357. The van der Waals surface area contributed by atoms with E-state index in [1.807, 2.05) is 0 Å². The first-order chi connectivity index (χ1) is 10.3. The summed E-state index contributed by atoms with van der Waals surface area (Å²) in [7, 11) is 1.66. The van der Waals surface area contributed by atoms with Crippen molar-refractivity contribution in [1.29, 1.82) is 0 Å². The summed E-state index contributed by atoms with van der Waals surface area (Å²) in [6.45, 7) is 2.69. The number of ether oxygens (including phenoxy) is 1. The van der Waals surface area contributed by atoms with Crippen LogP contribution in [-0.2, 0) is 4.74 Å². The van der Waals surface area contributed by atoms with E-state index in [2.05, 4.69) is 20.6 Å². The maximum Gasteiger partial charge on any atom is 0.251 e. The molecule has 0 aliphatic heterocycles. The van der Waals surface area contributed by atoms with Gasteiger partial charge in [-0.15, -0.1) is 24.8 Å². The number of nitrogens with one attached hydrogen (secondary N) is 2. The third-order valence-electron chi connectivity index (χ3n) is 2.85. The molecule has 0 aliphatic rings. The van der Waals surface area contributed by atoms with Gasteiger partial charge in [0, 0.05) is 50.9 Å². The van der Waals surface area contributed by atoms with E-state index in [9.17, 15) is 4.79 Å². The zero-order chi connectivity index (χ0) is 14.9. The minimum atomic E-state index is -0.118. The number of halogens is 2. The predicted octanol–water partition coefficient (Wildman–Crippen LogP) is 1.08. The Morgan fingerprint density at radius 3 is 2.78 bits per heavy atom. The van der Waals surface area contributed by atoms with E-state index in [1.165, 1.54) is 0 Å². The molecule has 0 radical (unpaired) electrons. The van der Waals surface area contributed by atoms with Crippen molar-refractivity contribution in [3.63, 3.8) is 0 Å². The minimum Gasteiger partial charge on any atom is -0.383 e. The number of carbonyl (C=O) groups is 1. The van der Waals surface area contributed by atoms with E-state index in [1.54, 1.807) is 48.7 Å². The number of pyridine rings is 1. The summed E-state index contributed by atoms with van der Waals surface area (Å²) in [5.41, 5.74) is 0.575. The molecule has 128 valence electrons. The molecule has 1 amide bonds. The van der Waals surface area contributed by atoms with Crippen molar-refractivity contribution >= 4 is 30.7 Å². The number of rotatable bonds is 8. The SMILES string of the molecule is COCCNCCNC(=O)c1ccnc(-n2ccnc2)c1.Cl.Cl. The van der Waals surface area contributed by atoms with Crippen LogP contribution in [0, 0.1) is 0 Å². The molecule has 23 heavy (non-hydrogen) atoms. The van der Waals surface area contributed by atoms with Crippen molar-refractivity contribution in [1.82, 2.24) is 25.2 Å². The largest absolute Gasteiger partial charge is 0.383 e. The van der Waals surface area contributed by atoms with Crippen molar-refractivity contribution in [2.45, 2.75) is 0 Å². The molecule has 2 aromatic heterocycles. The van der Waals surface area contributed by atoms with E-state index < -0.39 is 0 Å². The molecule has 0 aliphatic carbocycles. The molecule has 0 saturated carbocycles. The molecule has 0 saturated heterocycles. The van der Waals surface area contributed by atoms with Crippen molar-refractivity contribution in [2.75, 3.05) is 33.4 Å². The van der Waals surface area contributed by atoms with Crippen LogP contribution in [0.5, 0.6) is 0 Å². The Hall–Kier alpha value is -1.67. The number of amides is 1. The molecule has 2 heterocycles. The number of hydrogen-bond donors (Lipinski definition) is 2. The average Bonchev–Trinajstić information content (AvgIpc) is 3.05. The van der Waals surface area contributed by atoms with Crippen LogP contribution >= 0.6 is 24.8 Å². The highest BCUT2D eigenvalue weighted by Crippen LogP contribution is 2.06. The highest BCUT2D eigenvalue weighted by atomic mass is 35.5. The summed E-state index contributed by atoms with van der Waals surface area (Å²) in [5, 5.41) is 6.02. The van der Waals surface area contributed by atoms with Gasteiger partial charge in [0.05, 0.1) is 6.61 Å². The van der Waals surface area contributed by atoms with Crippen LogP contribution in [-0.4, -0.2) is 53.8 Å². The third-order valence-corrected chi connectivity index (χ3v) is 2.85. The Balaban J connectivity index is 0.00000242. The smallest absolute Gasteiger partial charge is 0.251 e. The summed E-state index contributed by atoms with van der Waals surface area (Å²) in [4.78, 5) is 20.2. The molecule has 7 nitrogen and oxygen atoms in total. The van der Waals surface area contributed by atoms with Gasteiger partial charge in [-0.05, 0) is 12.1 Å². The summed E-state index contributed by atoms with van der Waals surface area (Å²) < 4.78 is 6.68. The number of hydrogen-bond acceptors (Lipinski definition) is 5. The maximum absolute atomic E-state index is 12.0. The van der Waals surface area contributed by atoms with E-state index in [4.69, 9.17) is 4.74 Å². The molecule has 0 aromatic carbocycles. The standard InChI is InChI=1S/C14H19N5O2.2ClH/c1-21-9-7-15-4-5-18-14(20)12-2-3-17-13(10-12)19-8-6-16-11-19;;/h2-3,6,8,10-11,15H,4-5,7,9H2,1H3,(H,18,20);2*1H. The van der Waals surface area contributed by atoms with E-state index in [-0.39, 0.29) is 30.7 Å². The highest BCUT2D eigenvalue weighted by Gasteiger charge is 2.07. The van der Waals surface area contributed by atoms with Crippen LogP contribution in [0.15, 0.2) is 37.1 Å². The normalized spacial score (nSPS) is 9.61. The molecule has 2 aromatic rings. The first-order valence-electron chi connectivity index (χ1n) is 6.73. The van der Waals surface area contributed by atoms with Gasteiger partial charge in [-0.1, -0.05) is 0 Å². The van der Waals surface area contributed by atoms with Crippen LogP contribution < -0.4 is 10.6 Å². The zero-order valence-electron chi connectivity index (χ0n) is 12.8. The average molecular weight is 362 g/mol. The Bertz CT molecular complexity index is 566. The van der Waals surface area contributed by atoms with Gasteiger partial charge in [-0.3, -0.25) is 9.36 Å². The van der Waals surface area contributed by atoms with Crippen LogP contribution in [0.3, 0.4) is 0 Å². The van der Waals surface area contributed by atoms with Gasteiger partial charge >= 0.3 is 0 Å². The Labute approximate surface area is 147 Å². The van der Waals surface area contributed by atoms with Crippen molar-refractivity contribution in [2.24, 2.45) is 0 Å². The molecule has 0 spiro atoms. The summed E-state index contributed by atoms with van der Waals surface area (Å²) in [5.74, 6) is 0.547. The molecular weight excluding hydrogens is 341 g/mol. The molecular formula is C14H21Cl2N5O2. The second-order valence-corrected chi connectivity index (χ2v) is 4.37.